The summed E-state index contributed by atoms with van der Waals surface area (Å²) < 4.78 is 1.09. The Morgan fingerprint density at radius 2 is 1.92 bits per heavy atom. The van der Waals surface area contributed by atoms with Gasteiger partial charge in [-0.05, 0) is 63.8 Å². The molecule has 26 heavy (non-hydrogen) atoms. The molecule has 0 unspecified atom stereocenters. The van der Waals surface area contributed by atoms with E-state index >= 15 is 0 Å². The zero-order chi connectivity index (χ0) is 18.7. The van der Waals surface area contributed by atoms with E-state index < -0.39 is 0 Å². The van der Waals surface area contributed by atoms with E-state index in [0.717, 1.165) is 33.9 Å². The van der Waals surface area contributed by atoms with Crippen molar-refractivity contribution in [3.05, 3.63) is 58.6 Å². The van der Waals surface area contributed by atoms with Crippen molar-refractivity contribution in [2.75, 3.05) is 32.1 Å². The van der Waals surface area contributed by atoms with Gasteiger partial charge in [-0.25, -0.2) is 4.98 Å². The molecule has 0 spiro atoms. The van der Waals surface area contributed by atoms with Crippen molar-refractivity contribution >= 4 is 44.2 Å². The van der Waals surface area contributed by atoms with Crippen LogP contribution < -0.4 is 4.90 Å². The lowest BCUT2D eigenvalue weighted by atomic mass is 10.2. The quantitative estimate of drug-likeness (QED) is 0.606. The van der Waals surface area contributed by atoms with Crippen LogP contribution in [0.1, 0.15) is 22.3 Å². The number of fused-ring (bicyclic) bond motifs is 1. The highest BCUT2D eigenvalue weighted by Crippen LogP contribution is 2.31. The van der Waals surface area contributed by atoms with E-state index in [-0.39, 0.29) is 5.91 Å². The lowest BCUT2D eigenvalue weighted by Gasteiger charge is -2.21. The fourth-order valence-electron chi connectivity index (χ4n) is 2.80. The van der Waals surface area contributed by atoms with Crippen molar-refractivity contribution in [1.29, 1.82) is 0 Å². The maximum absolute atomic E-state index is 13.2. The highest BCUT2D eigenvalue weighted by molar-refractivity contribution is 7.22. The average Bonchev–Trinajstić information content (AvgIpc) is 3.03. The first-order valence-electron chi connectivity index (χ1n) is 8.54. The Kier molecular flexibility index (Phi) is 5.91. The van der Waals surface area contributed by atoms with Crippen LogP contribution in [0.15, 0.2) is 42.5 Å². The molecule has 0 atom stereocenters. The summed E-state index contributed by atoms with van der Waals surface area (Å²) in [4.78, 5) is 21.8. The summed E-state index contributed by atoms with van der Waals surface area (Å²) in [5, 5.41) is 1.29. The third-order valence-electron chi connectivity index (χ3n) is 4.14. The van der Waals surface area contributed by atoms with E-state index in [9.17, 15) is 4.79 Å². The predicted octanol–water partition coefficient (Wildman–Crippen LogP) is 4.86. The Bertz CT molecular complexity index is 922. The van der Waals surface area contributed by atoms with Crippen LogP contribution >= 0.6 is 22.9 Å². The second-order valence-electron chi connectivity index (χ2n) is 6.54. The summed E-state index contributed by atoms with van der Waals surface area (Å²) in [7, 11) is 4.06. The Labute approximate surface area is 163 Å². The fraction of sp³-hybridized carbons (Fsp3) is 0.300. The van der Waals surface area contributed by atoms with Gasteiger partial charge in [-0.3, -0.25) is 9.69 Å². The van der Waals surface area contributed by atoms with Crippen molar-refractivity contribution in [2.45, 2.75) is 13.3 Å². The minimum Gasteiger partial charge on any atom is -0.309 e. The first kappa shape index (κ1) is 18.8. The van der Waals surface area contributed by atoms with Gasteiger partial charge < -0.3 is 4.90 Å². The van der Waals surface area contributed by atoms with Crippen molar-refractivity contribution < 1.29 is 4.79 Å². The number of anilines is 1. The SMILES string of the molecule is Cc1cccc2sc(N(CCCN(C)C)C(=O)c3cccc(Cl)c3)nc12. The number of carbonyl (C=O) groups is 1. The van der Waals surface area contributed by atoms with Crippen LogP contribution in [0.3, 0.4) is 0 Å². The molecule has 0 aliphatic carbocycles. The van der Waals surface area contributed by atoms with Gasteiger partial charge in [-0.1, -0.05) is 41.1 Å². The van der Waals surface area contributed by atoms with Crippen molar-refractivity contribution in [3.8, 4) is 0 Å². The number of carbonyl (C=O) groups excluding carboxylic acids is 1. The van der Waals surface area contributed by atoms with Gasteiger partial charge in [-0.2, -0.15) is 0 Å². The molecule has 6 heteroatoms. The summed E-state index contributed by atoms with van der Waals surface area (Å²) in [6.45, 7) is 3.56. The molecule has 0 aliphatic rings. The first-order chi connectivity index (χ1) is 12.5. The van der Waals surface area contributed by atoms with E-state index in [1.807, 2.05) is 39.2 Å². The Balaban J connectivity index is 1.96. The molecule has 3 rings (SSSR count). The number of amides is 1. The van der Waals surface area contributed by atoms with Crippen molar-refractivity contribution in [3.63, 3.8) is 0 Å². The minimum atomic E-state index is -0.0667. The molecule has 4 nitrogen and oxygen atoms in total. The number of para-hydroxylation sites is 1. The number of benzene rings is 2. The first-order valence-corrected chi connectivity index (χ1v) is 9.73. The second kappa shape index (κ2) is 8.16. The maximum Gasteiger partial charge on any atom is 0.260 e. The highest BCUT2D eigenvalue weighted by atomic mass is 35.5. The molecule has 1 heterocycles. The molecule has 136 valence electrons. The molecule has 3 aromatic rings. The summed E-state index contributed by atoms with van der Waals surface area (Å²) in [6.07, 6.45) is 0.869. The van der Waals surface area contributed by atoms with Crippen molar-refractivity contribution in [1.82, 2.24) is 9.88 Å². The number of nitrogens with zero attached hydrogens (tertiary/aromatic N) is 3. The maximum atomic E-state index is 13.2. The number of aromatic nitrogens is 1. The van der Waals surface area contributed by atoms with Crippen LogP contribution in [0.5, 0.6) is 0 Å². The predicted molar refractivity (Wildman–Crippen MR) is 111 cm³/mol. The lowest BCUT2D eigenvalue weighted by molar-refractivity contribution is 0.0986. The number of thiazole rings is 1. The van der Waals surface area contributed by atoms with Crippen LogP contribution in [0.25, 0.3) is 10.2 Å². The van der Waals surface area contributed by atoms with Crippen LogP contribution in [-0.2, 0) is 0 Å². The monoisotopic (exact) mass is 387 g/mol. The number of halogens is 1. The van der Waals surface area contributed by atoms with Gasteiger partial charge >= 0.3 is 0 Å². The Morgan fingerprint density at radius 1 is 1.15 bits per heavy atom. The van der Waals surface area contributed by atoms with E-state index in [0.29, 0.717) is 17.1 Å². The molecule has 0 saturated carbocycles. The minimum absolute atomic E-state index is 0.0667. The summed E-state index contributed by atoms with van der Waals surface area (Å²) in [5.74, 6) is -0.0667. The van der Waals surface area contributed by atoms with Gasteiger partial charge in [-0.15, -0.1) is 0 Å². The number of hydrogen-bond acceptors (Lipinski definition) is 4. The summed E-state index contributed by atoms with van der Waals surface area (Å²) in [5.41, 5.74) is 2.66. The normalized spacial score (nSPS) is 11.3. The van der Waals surface area contributed by atoms with Gasteiger partial charge in [0.25, 0.3) is 5.91 Å². The summed E-state index contributed by atoms with van der Waals surface area (Å²) in [6, 6.07) is 13.2. The van der Waals surface area contributed by atoms with Gasteiger partial charge in [0.15, 0.2) is 5.13 Å². The average molecular weight is 388 g/mol. The van der Waals surface area contributed by atoms with Gasteiger partial charge in [0.2, 0.25) is 0 Å². The third kappa shape index (κ3) is 4.23. The van der Waals surface area contributed by atoms with E-state index in [2.05, 4.69) is 4.90 Å². The molecule has 0 aliphatic heterocycles. The van der Waals surface area contributed by atoms with E-state index in [1.54, 1.807) is 40.5 Å². The van der Waals surface area contributed by atoms with Crippen LogP contribution in [-0.4, -0.2) is 43.0 Å². The van der Waals surface area contributed by atoms with E-state index in [4.69, 9.17) is 16.6 Å². The largest absolute Gasteiger partial charge is 0.309 e. The highest BCUT2D eigenvalue weighted by Gasteiger charge is 2.21. The smallest absolute Gasteiger partial charge is 0.260 e. The fourth-order valence-corrected chi connectivity index (χ4v) is 4.05. The molecule has 0 saturated heterocycles. The number of aryl methyl sites for hydroxylation is 1. The molecule has 0 fully saturated rings. The Hall–Kier alpha value is -1.95. The molecular weight excluding hydrogens is 366 g/mol. The van der Waals surface area contributed by atoms with Crippen LogP contribution in [0.4, 0.5) is 5.13 Å². The van der Waals surface area contributed by atoms with Gasteiger partial charge in [0.05, 0.1) is 10.2 Å². The third-order valence-corrected chi connectivity index (χ3v) is 5.42. The molecule has 2 aromatic carbocycles. The van der Waals surface area contributed by atoms with Crippen LogP contribution in [0, 0.1) is 6.92 Å². The lowest BCUT2D eigenvalue weighted by Crippen LogP contribution is -2.33. The molecule has 0 radical (unpaired) electrons. The van der Waals surface area contributed by atoms with Crippen LogP contribution in [0.2, 0.25) is 5.02 Å². The number of rotatable bonds is 6. The standard InChI is InChI=1S/C20H22ClN3OS/c1-14-7-4-10-17-18(14)22-20(26-17)24(12-6-11-23(2)3)19(25)15-8-5-9-16(21)13-15/h4-5,7-10,13H,6,11-12H2,1-3H3. The second-order valence-corrected chi connectivity index (χ2v) is 7.99. The zero-order valence-corrected chi connectivity index (χ0v) is 16.8. The molecule has 1 amide bonds. The summed E-state index contributed by atoms with van der Waals surface area (Å²) >= 11 is 7.63. The van der Waals surface area contributed by atoms with E-state index in [1.165, 1.54) is 0 Å². The van der Waals surface area contributed by atoms with Crippen molar-refractivity contribution in [2.24, 2.45) is 0 Å². The molecule has 1 aromatic heterocycles. The van der Waals surface area contributed by atoms with Gasteiger partial charge in [0.1, 0.15) is 0 Å². The Morgan fingerprint density at radius 3 is 2.62 bits per heavy atom. The van der Waals surface area contributed by atoms with Gasteiger partial charge in [0, 0.05) is 17.1 Å². The molecular formula is C20H22ClN3OS. The topological polar surface area (TPSA) is 36.4 Å². The number of hydrogen-bond donors (Lipinski definition) is 0. The molecule has 0 N–H and O–H groups in total. The zero-order valence-electron chi connectivity index (χ0n) is 15.2. The molecule has 0 bridgehead atoms.